The van der Waals surface area contributed by atoms with Gasteiger partial charge in [-0.3, -0.25) is 9.97 Å². The summed E-state index contributed by atoms with van der Waals surface area (Å²) in [5.74, 6) is 0.982. The highest BCUT2D eigenvalue weighted by Gasteiger charge is 2.15. The topological polar surface area (TPSA) is 25.8 Å². The van der Waals surface area contributed by atoms with Gasteiger partial charge in [0.2, 0.25) is 0 Å². The summed E-state index contributed by atoms with van der Waals surface area (Å²) in [5, 5.41) is 0. The minimum atomic E-state index is 0.491. The molecule has 0 aliphatic heterocycles. The van der Waals surface area contributed by atoms with Gasteiger partial charge in [-0.15, -0.1) is 0 Å². The summed E-state index contributed by atoms with van der Waals surface area (Å²) in [6.45, 7) is 4.50. The molecule has 0 saturated carbocycles. The molecule has 16 heavy (non-hydrogen) atoms. The van der Waals surface area contributed by atoms with E-state index in [2.05, 4.69) is 48.1 Å². The fourth-order valence-electron chi connectivity index (χ4n) is 1.91. The Morgan fingerprint density at radius 1 is 0.688 bits per heavy atom. The van der Waals surface area contributed by atoms with Crippen LogP contribution in [0.4, 0.5) is 0 Å². The zero-order valence-electron chi connectivity index (χ0n) is 9.67. The quantitative estimate of drug-likeness (QED) is 0.779. The second kappa shape index (κ2) is 4.88. The van der Waals surface area contributed by atoms with Crippen LogP contribution in [0, 0.1) is 0 Å². The van der Waals surface area contributed by atoms with E-state index >= 15 is 0 Å². The van der Waals surface area contributed by atoms with Crippen LogP contribution in [-0.2, 0) is 0 Å². The summed E-state index contributed by atoms with van der Waals surface area (Å²) >= 11 is 0. The van der Waals surface area contributed by atoms with Crippen LogP contribution in [0.2, 0.25) is 0 Å². The van der Waals surface area contributed by atoms with E-state index in [4.69, 9.17) is 0 Å². The van der Waals surface area contributed by atoms with Crippen LogP contribution < -0.4 is 0 Å². The average Bonchev–Trinajstić information content (AvgIpc) is 2.39. The Kier molecular flexibility index (Phi) is 3.30. The van der Waals surface area contributed by atoms with E-state index in [1.54, 1.807) is 0 Å². The molecule has 2 heterocycles. The summed E-state index contributed by atoms with van der Waals surface area (Å²) in [7, 11) is 0. The van der Waals surface area contributed by atoms with Crippen molar-refractivity contribution in [3.8, 4) is 0 Å². The second-order valence-electron chi connectivity index (χ2n) is 4.14. The Hall–Kier alpha value is -1.70. The Labute approximate surface area is 96.4 Å². The number of pyridine rings is 2. The van der Waals surface area contributed by atoms with Crippen molar-refractivity contribution in [1.82, 2.24) is 9.97 Å². The smallest absolute Gasteiger partial charge is 0.0270 e. The van der Waals surface area contributed by atoms with Crippen molar-refractivity contribution in [3.05, 3.63) is 60.2 Å². The van der Waals surface area contributed by atoms with Gasteiger partial charge in [0.25, 0.3) is 0 Å². The molecule has 2 rings (SSSR count). The second-order valence-corrected chi connectivity index (χ2v) is 4.14. The molecule has 2 heteroatoms. The number of nitrogens with zero attached hydrogens (tertiary/aromatic N) is 2. The summed E-state index contributed by atoms with van der Waals surface area (Å²) in [6.07, 6.45) is 7.41. The molecule has 82 valence electrons. The Morgan fingerprint density at radius 3 is 1.31 bits per heavy atom. The Balaban J connectivity index is 2.20. The third kappa shape index (κ3) is 2.27. The molecule has 0 saturated heterocycles. The van der Waals surface area contributed by atoms with Gasteiger partial charge < -0.3 is 0 Å². The highest BCUT2D eigenvalue weighted by atomic mass is 14.6. The van der Waals surface area contributed by atoms with Gasteiger partial charge in [-0.2, -0.15) is 0 Å². The van der Waals surface area contributed by atoms with E-state index in [0.29, 0.717) is 11.8 Å². The molecule has 2 aromatic heterocycles. The molecule has 0 bridgehead atoms. The van der Waals surface area contributed by atoms with E-state index in [1.807, 2.05) is 24.8 Å². The molecule has 0 radical (unpaired) electrons. The molecule has 0 N–H and O–H groups in total. The maximum Gasteiger partial charge on any atom is 0.0270 e. The monoisotopic (exact) mass is 212 g/mol. The zero-order chi connectivity index (χ0) is 11.4. The standard InChI is InChI=1S/C14H16N2/c1-11(13-3-7-15-8-4-13)12(2)14-5-9-16-10-6-14/h3-12H,1-2H3/t11-,12-/m0/s1. The van der Waals surface area contributed by atoms with Crippen LogP contribution in [-0.4, -0.2) is 9.97 Å². The molecule has 0 aliphatic carbocycles. The van der Waals surface area contributed by atoms with Gasteiger partial charge in [0.05, 0.1) is 0 Å². The van der Waals surface area contributed by atoms with Gasteiger partial charge in [-0.25, -0.2) is 0 Å². The van der Waals surface area contributed by atoms with Gasteiger partial charge in [-0.1, -0.05) is 13.8 Å². The lowest BCUT2D eigenvalue weighted by Gasteiger charge is -2.20. The summed E-state index contributed by atoms with van der Waals surface area (Å²) in [6, 6.07) is 8.34. The van der Waals surface area contributed by atoms with Crippen LogP contribution >= 0.6 is 0 Å². The van der Waals surface area contributed by atoms with Gasteiger partial charge in [0.1, 0.15) is 0 Å². The first kappa shape index (κ1) is 10.8. The summed E-state index contributed by atoms with van der Waals surface area (Å²) < 4.78 is 0. The first-order valence-electron chi connectivity index (χ1n) is 5.59. The largest absolute Gasteiger partial charge is 0.265 e. The average molecular weight is 212 g/mol. The summed E-state index contributed by atoms with van der Waals surface area (Å²) in [5.41, 5.74) is 2.67. The molecule has 2 nitrogen and oxygen atoms in total. The number of aromatic nitrogens is 2. The Bertz CT molecular complexity index is 382. The number of hydrogen-bond acceptors (Lipinski definition) is 2. The van der Waals surface area contributed by atoms with Crippen molar-refractivity contribution in [1.29, 1.82) is 0 Å². The van der Waals surface area contributed by atoms with Gasteiger partial charge in [0.15, 0.2) is 0 Å². The van der Waals surface area contributed by atoms with E-state index in [1.165, 1.54) is 11.1 Å². The van der Waals surface area contributed by atoms with E-state index in [0.717, 1.165) is 0 Å². The SMILES string of the molecule is C[C@H](c1ccncc1)[C@H](C)c1ccncc1. The van der Waals surface area contributed by atoms with Crippen LogP contribution in [0.1, 0.15) is 36.8 Å². The van der Waals surface area contributed by atoms with E-state index < -0.39 is 0 Å². The molecular formula is C14H16N2. The third-order valence-corrected chi connectivity index (χ3v) is 3.21. The van der Waals surface area contributed by atoms with Crippen molar-refractivity contribution in [3.63, 3.8) is 0 Å². The molecular weight excluding hydrogens is 196 g/mol. The van der Waals surface area contributed by atoms with Crippen LogP contribution in [0.3, 0.4) is 0 Å². The third-order valence-electron chi connectivity index (χ3n) is 3.21. The minimum absolute atomic E-state index is 0.491. The molecule has 2 atom stereocenters. The minimum Gasteiger partial charge on any atom is -0.265 e. The number of hydrogen-bond donors (Lipinski definition) is 0. The van der Waals surface area contributed by atoms with Crippen LogP contribution in [0.25, 0.3) is 0 Å². The Morgan fingerprint density at radius 2 is 1.00 bits per heavy atom. The van der Waals surface area contributed by atoms with Crippen molar-refractivity contribution >= 4 is 0 Å². The van der Waals surface area contributed by atoms with Crippen LogP contribution in [0.5, 0.6) is 0 Å². The van der Waals surface area contributed by atoms with Gasteiger partial charge >= 0.3 is 0 Å². The van der Waals surface area contributed by atoms with Crippen molar-refractivity contribution in [2.75, 3.05) is 0 Å². The number of rotatable bonds is 3. The summed E-state index contributed by atoms with van der Waals surface area (Å²) in [4.78, 5) is 8.10. The molecule has 0 amide bonds. The molecule has 0 aromatic carbocycles. The maximum absolute atomic E-state index is 4.05. The van der Waals surface area contributed by atoms with Crippen molar-refractivity contribution < 1.29 is 0 Å². The van der Waals surface area contributed by atoms with Gasteiger partial charge in [-0.05, 0) is 47.2 Å². The van der Waals surface area contributed by atoms with Crippen molar-refractivity contribution in [2.45, 2.75) is 25.7 Å². The molecule has 0 unspecified atom stereocenters. The fourth-order valence-corrected chi connectivity index (χ4v) is 1.91. The normalized spacial score (nSPS) is 14.4. The lowest BCUT2D eigenvalue weighted by molar-refractivity contribution is 0.622. The highest BCUT2D eigenvalue weighted by Crippen LogP contribution is 2.31. The first-order valence-corrected chi connectivity index (χ1v) is 5.59. The molecule has 0 fully saturated rings. The first-order chi connectivity index (χ1) is 7.79. The van der Waals surface area contributed by atoms with E-state index in [9.17, 15) is 0 Å². The molecule has 2 aromatic rings. The zero-order valence-corrected chi connectivity index (χ0v) is 9.67. The van der Waals surface area contributed by atoms with Crippen molar-refractivity contribution in [2.24, 2.45) is 0 Å². The predicted molar refractivity (Wildman–Crippen MR) is 65.3 cm³/mol. The van der Waals surface area contributed by atoms with Gasteiger partial charge in [0, 0.05) is 24.8 Å². The van der Waals surface area contributed by atoms with Crippen LogP contribution in [0.15, 0.2) is 49.1 Å². The molecule has 0 aliphatic rings. The molecule has 0 spiro atoms. The highest BCUT2D eigenvalue weighted by molar-refractivity contribution is 5.24. The lowest BCUT2D eigenvalue weighted by Crippen LogP contribution is -2.04. The lowest BCUT2D eigenvalue weighted by atomic mass is 9.85. The maximum atomic E-state index is 4.05. The predicted octanol–water partition coefficient (Wildman–Crippen LogP) is 3.38. The fraction of sp³-hybridized carbons (Fsp3) is 0.286. The van der Waals surface area contributed by atoms with E-state index in [-0.39, 0.29) is 0 Å².